The number of hydrogen-bond donors (Lipinski definition) is 1. The second-order valence-corrected chi connectivity index (χ2v) is 8.66. The number of ether oxygens (including phenoxy) is 4. The van der Waals surface area contributed by atoms with Crippen LogP contribution in [0.4, 0.5) is 5.69 Å². The SMILES string of the molecule is CCOC(=O)C1=C(N)N(c2ccc(OC)cc2)C(C(=O)OCC)=C(C(=O)OCC)[C@H]1c1ccc(Br)cc1. The second kappa shape index (κ2) is 12.4. The van der Waals surface area contributed by atoms with Crippen LogP contribution in [0.3, 0.4) is 0 Å². The van der Waals surface area contributed by atoms with Crippen molar-refractivity contribution < 1.29 is 33.3 Å². The van der Waals surface area contributed by atoms with Crippen LogP contribution in [0.2, 0.25) is 0 Å². The van der Waals surface area contributed by atoms with Gasteiger partial charge in [0.25, 0.3) is 0 Å². The van der Waals surface area contributed by atoms with Gasteiger partial charge in [0.2, 0.25) is 0 Å². The summed E-state index contributed by atoms with van der Waals surface area (Å²) < 4.78 is 22.1. The van der Waals surface area contributed by atoms with E-state index >= 15 is 0 Å². The summed E-state index contributed by atoms with van der Waals surface area (Å²) in [5.74, 6) is -2.88. The Hall–Kier alpha value is -3.79. The van der Waals surface area contributed by atoms with E-state index in [0.717, 1.165) is 4.47 Å². The lowest BCUT2D eigenvalue weighted by Crippen LogP contribution is -2.43. The van der Waals surface area contributed by atoms with Crippen molar-refractivity contribution in [3.8, 4) is 5.75 Å². The maximum atomic E-state index is 13.5. The van der Waals surface area contributed by atoms with Gasteiger partial charge in [-0.05, 0) is 62.7 Å². The Morgan fingerprint density at radius 1 is 0.811 bits per heavy atom. The van der Waals surface area contributed by atoms with Gasteiger partial charge in [0.1, 0.15) is 17.3 Å². The van der Waals surface area contributed by atoms with E-state index < -0.39 is 23.8 Å². The maximum Gasteiger partial charge on any atom is 0.355 e. The van der Waals surface area contributed by atoms with Crippen LogP contribution in [0.25, 0.3) is 0 Å². The summed E-state index contributed by atoms with van der Waals surface area (Å²) in [6.07, 6.45) is 0. The fourth-order valence-electron chi connectivity index (χ4n) is 4.03. The summed E-state index contributed by atoms with van der Waals surface area (Å²) in [5, 5.41) is 0. The summed E-state index contributed by atoms with van der Waals surface area (Å²) >= 11 is 3.40. The minimum Gasteiger partial charge on any atom is -0.497 e. The molecule has 0 amide bonds. The molecular formula is C27H29BrN2O7. The fraction of sp³-hybridized carbons (Fsp3) is 0.296. The number of carbonyl (C=O) groups excluding carboxylic acids is 3. The Balaban J connectivity index is 2.43. The van der Waals surface area contributed by atoms with Gasteiger partial charge >= 0.3 is 17.9 Å². The van der Waals surface area contributed by atoms with Crippen molar-refractivity contribution in [2.45, 2.75) is 26.7 Å². The second-order valence-electron chi connectivity index (χ2n) is 7.74. The molecule has 0 aromatic heterocycles. The minimum atomic E-state index is -1.06. The highest BCUT2D eigenvalue weighted by atomic mass is 79.9. The van der Waals surface area contributed by atoms with Crippen LogP contribution < -0.4 is 15.4 Å². The van der Waals surface area contributed by atoms with E-state index in [1.807, 2.05) is 0 Å². The molecule has 1 aliphatic rings. The first-order valence-corrected chi connectivity index (χ1v) is 12.5. The first kappa shape index (κ1) is 27.8. The molecule has 9 nitrogen and oxygen atoms in total. The van der Waals surface area contributed by atoms with Crippen LogP contribution in [0.5, 0.6) is 5.75 Å². The maximum absolute atomic E-state index is 13.5. The van der Waals surface area contributed by atoms with E-state index in [0.29, 0.717) is 17.0 Å². The number of benzene rings is 2. The first-order valence-electron chi connectivity index (χ1n) is 11.7. The van der Waals surface area contributed by atoms with E-state index in [9.17, 15) is 14.4 Å². The number of nitrogens with zero attached hydrogens (tertiary/aromatic N) is 1. The van der Waals surface area contributed by atoms with Crippen LogP contribution in [-0.2, 0) is 28.6 Å². The molecule has 0 fully saturated rings. The van der Waals surface area contributed by atoms with Crippen LogP contribution >= 0.6 is 15.9 Å². The summed E-state index contributed by atoms with van der Waals surface area (Å²) in [4.78, 5) is 41.6. The molecular weight excluding hydrogens is 544 g/mol. The van der Waals surface area contributed by atoms with Crippen molar-refractivity contribution >= 4 is 39.5 Å². The molecule has 2 aromatic rings. The largest absolute Gasteiger partial charge is 0.497 e. The van der Waals surface area contributed by atoms with Crippen molar-refractivity contribution in [1.29, 1.82) is 0 Å². The molecule has 0 saturated carbocycles. The minimum absolute atomic E-state index is 0.00362. The smallest absolute Gasteiger partial charge is 0.355 e. The van der Waals surface area contributed by atoms with Crippen molar-refractivity contribution in [2.24, 2.45) is 5.73 Å². The standard InChI is InChI=1S/C27H29BrN2O7/c1-5-35-25(31)21-20(16-8-10-17(28)11-9-16)22(26(32)36-6-2)24(29)30(23(21)27(33)37-7-3)18-12-14-19(34-4)15-13-18/h8-15,20H,5-7,29H2,1-4H3/t20-/m1/s1. The summed E-state index contributed by atoms with van der Waals surface area (Å²) in [6, 6.07) is 13.6. The molecule has 10 heteroatoms. The van der Waals surface area contributed by atoms with Crippen molar-refractivity contribution in [3.05, 3.63) is 81.2 Å². The zero-order valence-corrected chi connectivity index (χ0v) is 22.7. The zero-order chi connectivity index (χ0) is 27.1. The molecule has 37 heavy (non-hydrogen) atoms. The van der Waals surface area contributed by atoms with Gasteiger partial charge in [0.05, 0.1) is 44.0 Å². The Morgan fingerprint density at radius 2 is 1.32 bits per heavy atom. The van der Waals surface area contributed by atoms with E-state index in [1.54, 1.807) is 69.3 Å². The number of rotatable bonds is 9. The van der Waals surface area contributed by atoms with E-state index in [2.05, 4.69) is 15.9 Å². The van der Waals surface area contributed by atoms with Gasteiger partial charge in [-0.3, -0.25) is 4.90 Å². The lowest BCUT2D eigenvalue weighted by Gasteiger charge is -2.37. The van der Waals surface area contributed by atoms with Crippen molar-refractivity contribution in [2.75, 3.05) is 31.8 Å². The third-order valence-electron chi connectivity index (χ3n) is 5.57. The number of nitrogens with two attached hydrogens (primary N) is 1. The average molecular weight is 573 g/mol. The third kappa shape index (κ3) is 5.80. The Labute approximate surface area is 223 Å². The molecule has 0 aliphatic carbocycles. The molecule has 0 spiro atoms. The average Bonchev–Trinajstić information content (AvgIpc) is 2.88. The molecule has 1 aliphatic heterocycles. The third-order valence-corrected chi connectivity index (χ3v) is 6.10. The van der Waals surface area contributed by atoms with Crippen LogP contribution in [0.15, 0.2) is 75.7 Å². The lowest BCUT2D eigenvalue weighted by molar-refractivity contribution is -0.142. The van der Waals surface area contributed by atoms with Gasteiger partial charge in [0, 0.05) is 10.2 Å². The predicted molar refractivity (Wildman–Crippen MR) is 140 cm³/mol. The molecule has 2 aromatic carbocycles. The highest BCUT2D eigenvalue weighted by molar-refractivity contribution is 9.10. The summed E-state index contributed by atoms with van der Waals surface area (Å²) in [5.41, 5.74) is 7.34. The van der Waals surface area contributed by atoms with Gasteiger partial charge in [-0.2, -0.15) is 0 Å². The molecule has 0 saturated heterocycles. The lowest BCUT2D eigenvalue weighted by atomic mass is 9.80. The van der Waals surface area contributed by atoms with Crippen LogP contribution in [0, 0.1) is 0 Å². The zero-order valence-electron chi connectivity index (χ0n) is 21.1. The monoisotopic (exact) mass is 572 g/mol. The van der Waals surface area contributed by atoms with Crippen LogP contribution in [-0.4, -0.2) is 44.8 Å². The predicted octanol–water partition coefficient (Wildman–Crippen LogP) is 4.18. The van der Waals surface area contributed by atoms with E-state index in [4.69, 9.17) is 24.7 Å². The normalized spacial score (nSPS) is 15.4. The quantitative estimate of drug-likeness (QED) is 0.348. The highest BCUT2D eigenvalue weighted by Crippen LogP contribution is 2.44. The summed E-state index contributed by atoms with van der Waals surface area (Å²) in [7, 11) is 1.52. The molecule has 0 bridgehead atoms. The van der Waals surface area contributed by atoms with Crippen molar-refractivity contribution in [1.82, 2.24) is 0 Å². The fourth-order valence-corrected chi connectivity index (χ4v) is 4.30. The molecule has 2 N–H and O–H groups in total. The number of anilines is 1. The van der Waals surface area contributed by atoms with Gasteiger partial charge < -0.3 is 24.7 Å². The van der Waals surface area contributed by atoms with E-state index in [1.165, 1.54) is 12.0 Å². The van der Waals surface area contributed by atoms with E-state index in [-0.39, 0.29) is 42.5 Å². The van der Waals surface area contributed by atoms with Gasteiger partial charge in [0.15, 0.2) is 0 Å². The Bertz CT molecular complexity index is 1220. The molecule has 196 valence electrons. The van der Waals surface area contributed by atoms with Gasteiger partial charge in [-0.25, -0.2) is 14.4 Å². The number of halogens is 1. The Morgan fingerprint density at radius 3 is 1.84 bits per heavy atom. The number of carbonyl (C=O) groups is 3. The molecule has 1 atom stereocenters. The molecule has 0 unspecified atom stereocenters. The van der Waals surface area contributed by atoms with Crippen LogP contribution in [0.1, 0.15) is 32.3 Å². The van der Waals surface area contributed by atoms with Gasteiger partial charge in [-0.15, -0.1) is 0 Å². The highest BCUT2D eigenvalue weighted by Gasteiger charge is 2.45. The first-order chi connectivity index (χ1) is 17.8. The molecule has 0 radical (unpaired) electrons. The Kier molecular flexibility index (Phi) is 9.35. The van der Waals surface area contributed by atoms with Gasteiger partial charge in [-0.1, -0.05) is 28.1 Å². The topological polar surface area (TPSA) is 117 Å². The van der Waals surface area contributed by atoms with Crippen molar-refractivity contribution in [3.63, 3.8) is 0 Å². The number of methoxy groups -OCH3 is 1. The number of hydrogen-bond acceptors (Lipinski definition) is 9. The molecule has 3 rings (SSSR count). The summed E-state index contributed by atoms with van der Waals surface area (Å²) in [6.45, 7) is 5.14. The molecule has 1 heterocycles. The number of esters is 3.